The fourth-order valence-electron chi connectivity index (χ4n) is 3.85. The molecule has 1 saturated heterocycles. The number of nitrogens with zero attached hydrogens (tertiary/aromatic N) is 1. The van der Waals surface area contributed by atoms with Gasteiger partial charge in [0, 0.05) is 25.1 Å². The Kier molecular flexibility index (Phi) is 6.54. The van der Waals surface area contributed by atoms with Crippen molar-refractivity contribution in [1.29, 1.82) is 0 Å². The third-order valence-electron chi connectivity index (χ3n) is 5.59. The van der Waals surface area contributed by atoms with E-state index in [9.17, 15) is 4.79 Å². The van der Waals surface area contributed by atoms with Crippen LogP contribution in [0.5, 0.6) is 11.5 Å². The number of hydrogen-bond acceptors (Lipinski definition) is 5. The van der Waals surface area contributed by atoms with Gasteiger partial charge in [-0.2, -0.15) is 0 Å². The maximum Gasteiger partial charge on any atom is 0.241 e. The summed E-state index contributed by atoms with van der Waals surface area (Å²) < 4.78 is 10.6. The summed E-state index contributed by atoms with van der Waals surface area (Å²) in [6.07, 6.45) is 0. The van der Waals surface area contributed by atoms with Crippen molar-refractivity contribution < 1.29 is 14.3 Å². The number of nitrogens with one attached hydrogen (secondary N) is 1. The number of benzene rings is 2. The molecular weight excluding hydrogens is 354 g/mol. The number of methoxy groups -OCH3 is 2. The molecular formula is C22H29N3O3. The molecule has 150 valence electrons. The number of ether oxygens (including phenoxy) is 2. The minimum absolute atomic E-state index is 0.0731. The number of likely N-dealkylation sites (tertiary alicyclic amines) is 1. The van der Waals surface area contributed by atoms with Crippen LogP contribution in [-0.4, -0.2) is 50.7 Å². The first kappa shape index (κ1) is 20.2. The molecule has 6 heteroatoms. The van der Waals surface area contributed by atoms with E-state index in [0.717, 1.165) is 13.1 Å². The topological polar surface area (TPSA) is 76.8 Å². The van der Waals surface area contributed by atoms with Gasteiger partial charge >= 0.3 is 0 Å². The Balaban J connectivity index is 1.72. The molecule has 1 aliphatic rings. The van der Waals surface area contributed by atoms with Crippen molar-refractivity contribution in [3.05, 3.63) is 54.1 Å². The van der Waals surface area contributed by atoms with Gasteiger partial charge < -0.3 is 20.5 Å². The molecule has 0 radical (unpaired) electrons. The lowest BCUT2D eigenvalue weighted by atomic mass is 9.89. The summed E-state index contributed by atoms with van der Waals surface area (Å²) in [6, 6.07) is 15.5. The van der Waals surface area contributed by atoms with E-state index in [1.807, 2.05) is 13.0 Å². The summed E-state index contributed by atoms with van der Waals surface area (Å²) in [5, 5.41) is 2.98. The molecule has 2 aromatic carbocycles. The molecule has 0 spiro atoms. The van der Waals surface area contributed by atoms with Gasteiger partial charge in [-0.1, -0.05) is 30.3 Å². The lowest BCUT2D eigenvalue weighted by Gasteiger charge is -2.24. The summed E-state index contributed by atoms with van der Waals surface area (Å²) in [4.78, 5) is 15.1. The van der Waals surface area contributed by atoms with Gasteiger partial charge in [-0.05, 0) is 37.1 Å². The molecule has 1 heterocycles. The highest BCUT2D eigenvalue weighted by molar-refractivity contribution is 5.96. The number of hydrogen-bond donors (Lipinski definition) is 2. The van der Waals surface area contributed by atoms with Gasteiger partial charge in [0.25, 0.3) is 0 Å². The van der Waals surface area contributed by atoms with E-state index >= 15 is 0 Å². The van der Waals surface area contributed by atoms with Gasteiger partial charge in [-0.15, -0.1) is 0 Å². The second-order valence-corrected chi connectivity index (χ2v) is 7.20. The Hall–Kier alpha value is -2.57. The Labute approximate surface area is 166 Å². The van der Waals surface area contributed by atoms with E-state index in [1.165, 1.54) is 5.56 Å². The van der Waals surface area contributed by atoms with Crippen molar-refractivity contribution in [2.24, 2.45) is 11.7 Å². The quantitative estimate of drug-likeness (QED) is 0.769. The highest BCUT2D eigenvalue weighted by Crippen LogP contribution is 2.34. The van der Waals surface area contributed by atoms with E-state index in [0.29, 0.717) is 35.6 Å². The van der Waals surface area contributed by atoms with Crippen LogP contribution in [0.25, 0.3) is 0 Å². The Bertz CT molecular complexity index is 797. The average molecular weight is 383 g/mol. The fraction of sp³-hybridized carbons (Fsp3) is 0.409. The van der Waals surface area contributed by atoms with Gasteiger partial charge in [0.2, 0.25) is 5.91 Å². The van der Waals surface area contributed by atoms with Crippen LogP contribution < -0.4 is 20.5 Å². The summed E-state index contributed by atoms with van der Waals surface area (Å²) in [5.74, 6) is 1.87. The number of anilines is 1. The van der Waals surface area contributed by atoms with Crippen LogP contribution in [0.4, 0.5) is 5.69 Å². The summed E-state index contributed by atoms with van der Waals surface area (Å²) in [5.41, 5.74) is 7.92. The van der Waals surface area contributed by atoms with Crippen LogP contribution in [0.3, 0.4) is 0 Å². The molecule has 28 heavy (non-hydrogen) atoms. The number of carbonyl (C=O) groups is 1. The molecule has 0 aromatic heterocycles. The van der Waals surface area contributed by atoms with Crippen molar-refractivity contribution in [2.45, 2.75) is 18.9 Å². The summed E-state index contributed by atoms with van der Waals surface area (Å²) in [7, 11) is 3.18. The first-order valence-corrected chi connectivity index (χ1v) is 9.59. The molecule has 3 atom stereocenters. The third-order valence-corrected chi connectivity index (χ3v) is 5.59. The monoisotopic (exact) mass is 383 g/mol. The van der Waals surface area contributed by atoms with Crippen LogP contribution in [0.15, 0.2) is 48.5 Å². The van der Waals surface area contributed by atoms with Crippen LogP contribution in [0.2, 0.25) is 0 Å². The predicted octanol–water partition coefficient (Wildman–Crippen LogP) is 2.71. The molecule has 1 unspecified atom stereocenters. The zero-order valence-electron chi connectivity index (χ0n) is 16.7. The molecule has 3 rings (SSSR count). The number of carbonyl (C=O) groups excluding carboxylic acids is 1. The highest BCUT2D eigenvalue weighted by atomic mass is 16.5. The largest absolute Gasteiger partial charge is 0.497 e. The van der Waals surface area contributed by atoms with Gasteiger partial charge in [0.15, 0.2) is 0 Å². The van der Waals surface area contributed by atoms with E-state index < -0.39 is 0 Å². The standard InChI is InChI=1S/C22H29N3O3/c1-15(22(26)24-20-11-18(27-2)9-10-21(20)28-3)25-13-17(12-23)19(14-25)16-7-5-4-6-8-16/h4-11,15,17,19H,12-14,23H2,1-3H3,(H,24,26)/t15?,17-,19+/m1/s1. The smallest absolute Gasteiger partial charge is 0.241 e. The van der Waals surface area contributed by atoms with E-state index in [1.54, 1.807) is 32.4 Å². The van der Waals surface area contributed by atoms with Crippen LogP contribution in [-0.2, 0) is 4.79 Å². The minimum Gasteiger partial charge on any atom is -0.497 e. The zero-order chi connectivity index (χ0) is 20.1. The molecule has 0 bridgehead atoms. The maximum absolute atomic E-state index is 12.9. The average Bonchev–Trinajstić information content (AvgIpc) is 3.18. The van der Waals surface area contributed by atoms with Gasteiger partial charge in [-0.3, -0.25) is 9.69 Å². The molecule has 2 aromatic rings. The SMILES string of the molecule is COc1ccc(OC)c(NC(=O)C(C)N2C[C@@H](CN)[C@H](c3ccccc3)C2)c1. The van der Waals surface area contributed by atoms with E-state index in [2.05, 4.69) is 34.5 Å². The number of nitrogens with two attached hydrogens (primary N) is 1. The fourth-order valence-corrected chi connectivity index (χ4v) is 3.85. The zero-order valence-corrected chi connectivity index (χ0v) is 16.7. The van der Waals surface area contributed by atoms with Crippen molar-refractivity contribution in [1.82, 2.24) is 4.90 Å². The second kappa shape index (κ2) is 9.08. The first-order valence-electron chi connectivity index (χ1n) is 9.59. The van der Waals surface area contributed by atoms with Gasteiger partial charge in [0.1, 0.15) is 11.5 Å². The highest BCUT2D eigenvalue weighted by Gasteiger charge is 2.37. The normalized spacial score (nSPS) is 20.6. The first-order chi connectivity index (χ1) is 13.6. The third kappa shape index (κ3) is 4.29. The molecule has 1 amide bonds. The van der Waals surface area contributed by atoms with Crippen molar-refractivity contribution in [3.63, 3.8) is 0 Å². The van der Waals surface area contributed by atoms with E-state index in [-0.39, 0.29) is 11.9 Å². The number of amides is 1. The van der Waals surface area contributed by atoms with Crippen LogP contribution >= 0.6 is 0 Å². The molecule has 6 nitrogen and oxygen atoms in total. The lowest BCUT2D eigenvalue weighted by Crippen LogP contribution is -2.41. The second-order valence-electron chi connectivity index (χ2n) is 7.20. The van der Waals surface area contributed by atoms with Crippen molar-refractivity contribution >= 4 is 11.6 Å². The molecule has 0 saturated carbocycles. The summed E-state index contributed by atoms with van der Waals surface area (Å²) in [6.45, 7) is 4.16. The van der Waals surface area contributed by atoms with E-state index in [4.69, 9.17) is 15.2 Å². The Morgan fingerprint density at radius 2 is 1.93 bits per heavy atom. The lowest BCUT2D eigenvalue weighted by molar-refractivity contribution is -0.120. The molecule has 1 fully saturated rings. The van der Waals surface area contributed by atoms with Crippen molar-refractivity contribution in [3.8, 4) is 11.5 Å². The van der Waals surface area contributed by atoms with Crippen LogP contribution in [0.1, 0.15) is 18.4 Å². The molecule has 1 aliphatic heterocycles. The minimum atomic E-state index is -0.279. The Morgan fingerprint density at radius 3 is 2.57 bits per heavy atom. The molecule has 0 aliphatic carbocycles. The Morgan fingerprint density at radius 1 is 1.18 bits per heavy atom. The predicted molar refractivity (Wildman–Crippen MR) is 111 cm³/mol. The number of rotatable bonds is 7. The van der Waals surface area contributed by atoms with Crippen molar-refractivity contribution in [2.75, 3.05) is 39.2 Å². The van der Waals surface area contributed by atoms with Gasteiger partial charge in [0.05, 0.1) is 25.9 Å². The molecule has 3 N–H and O–H groups in total. The van der Waals surface area contributed by atoms with Crippen LogP contribution in [0, 0.1) is 5.92 Å². The van der Waals surface area contributed by atoms with Gasteiger partial charge in [-0.25, -0.2) is 0 Å². The maximum atomic E-state index is 12.9. The summed E-state index contributed by atoms with van der Waals surface area (Å²) >= 11 is 0.